The summed E-state index contributed by atoms with van der Waals surface area (Å²) in [4.78, 5) is 24.0. The van der Waals surface area contributed by atoms with E-state index in [4.69, 9.17) is 9.47 Å². The quantitative estimate of drug-likeness (QED) is 0.778. The second-order valence-electron chi connectivity index (χ2n) is 5.93. The van der Waals surface area contributed by atoms with Gasteiger partial charge in [0.1, 0.15) is 11.3 Å². The normalized spacial score (nSPS) is 11.4. The average Bonchev–Trinajstić information content (AvgIpc) is 2.65. The Balaban J connectivity index is 1.99. The maximum Gasteiger partial charge on any atom is 0.341 e. The maximum atomic E-state index is 12.2. The Labute approximate surface area is 153 Å². The number of esters is 1. The van der Waals surface area contributed by atoms with Gasteiger partial charge in [-0.25, -0.2) is 9.59 Å². The van der Waals surface area contributed by atoms with Crippen LogP contribution >= 0.6 is 0 Å². The first-order valence-corrected chi connectivity index (χ1v) is 8.31. The van der Waals surface area contributed by atoms with Crippen molar-refractivity contribution in [3.05, 3.63) is 64.7 Å². The first-order chi connectivity index (χ1) is 12.5. The highest BCUT2D eigenvalue weighted by Gasteiger charge is 2.14. The van der Waals surface area contributed by atoms with Gasteiger partial charge in [-0.15, -0.1) is 0 Å². The molecule has 0 saturated carbocycles. The van der Waals surface area contributed by atoms with Gasteiger partial charge in [0.15, 0.2) is 0 Å². The number of amides is 2. The fourth-order valence-electron chi connectivity index (χ4n) is 2.71. The summed E-state index contributed by atoms with van der Waals surface area (Å²) in [6.45, 7) is 4.22. The third-order valence-electron chi connectivity index (χ3n) is 4.12. The molecule has 2 aromatic rings. The molecular weight excluding hydrogens is 332 g/mol. The average molecular weight is 356 g/mol. The van der Waals surface area contributed by atoms with E-state index in [1.807, 2.05) is 38.1 Å². The molecule has 0 radical (unpaired) electrons. The number of benzene rings is 2. The summed E-state index contributed by atoms with van der Waals surface area (Å²) in [5, 5.41) is 5.71. The van der Waals surface area contributed by atoms with Crippen molar-refractivity contribution >= 4 is 12.0 Å². The van der Waals surface area contributed by atoms with Gasteiger partial charge in [-0.2, -0.15) is 0 Å². The Bertz CT molecular complexity index is 789. The third-order valence-corrected chi connectivity index (χ3v) is 4.12. The molecule has 2 aromatic carbocycles. The van der Waals surface area contributed by atoms with E-state index in [9.17, 15) is 9.59 Å². The molecule has 1 unspecified atom stereocenters. The molecule has 0 aliphatic carbocycles. The van der Waals surface area contributed by atoms with E-state index >= 15 is 0 Å². The van der Waals surface area contributed by atoms with Gasteiger partial charge in [-0.3, -0.25) is 0 Å². The molecule has 0 aliphatic rings. The van der Waals surface area contributed by atoms with E-state index < -0.39 is 5.97 Å². The number of rotatable bonds is 6. The molecule has 26 heavy (non-hydrogen) atoms. The lowest BCUT2D eigenvalue weighted by atomic mass is 10.0. The topological polar surface area (TPSA) is 76.7 Å². The van der Waals surface area contributed by atoms with Gasteiger partial charge in [0.05, 0.1) is 20.3 Å². The zero-order valence-corrected chi connectivity index (χ0v) is 15.5. The van der Waals surface area contributed by atoms with Gasteiger partial charge in [-0.1, -0.05) is 30.3 Å². The maximum absolute atomic E-state index is 12.2. The number of nitrogens with one attached hydrogen (secondary N) is 2. The molecule has 0 aliphatic heterocycles. The molecule has 0 fully saturated rings. The van der Waals surface area contributed by atoms with Gasteiger partial charge in [0.25, 0.3) is 0 Å². The minimum absolute atomic E-state index is 0.113. The van der Waals surface area contributed by atoms with Crippen molar-refractivity contribution in [1.82, 2.24) is 10.6 Å². The van der Waals surface area contributed by atoms with Gasteiger partial charge in [0, 0.05) is 6.54 Å². The van der Waals surface area contributed by atoms with Gasteiger partial charge in [0.2, 0.25) is 0 Å². The molecule has 2 rings (SSSR count). The predicted octanol–water partition coefficient (Wildman–Crippen LogP) is 3.35. The van der Waals surface area contributed by atoms with E-state index in [1.54, 1.807) is 18.2 Å². The number of hydrogen-bond donors (Lipinski definition) is 2. The molecule has 0 aromatic heterocycles. The van der Waals surface area contributed by atoms with Crippen LogP contribution in [0.1, 0.15) is 40.0 Å². The highest BCUT2D eigenvalue weighted by atomic mass is 16.5. The lowest BCUT2D eigenvalue weighted by Crippen LogP contribution is -2.36. The van der Waals surface area contributed by atoms with Crippen molar-refractivity contribution in [1.29, 1.82) is 0 Å². The van der Waals surface area contributed by atoms with Crippen molar-refractivity contribution in [2.75, 3.05) is 14.2 Å². The number of carbonyl (C=O) groups is 2. The summed E-state index contributed by atoms with van der Waals surface area (Å²) in [6, 6.07) is 12.6. The Hall–Kier alpha value is -3.02. The Kier molecular flexibility index (Phi) is 6.60. The summed E-state index contributed by atoms with van der Waals surface area (Å²) in [5.41, 5.74) is 3.28. The summed E-state index contributed by atoms with van der Waals surface area (Å²) < 4.78 is 9.91. The number of methoxy groups -OCH3 is 2. The van der Waals surface area contributed by atoms with Crippen LogP contribution in [0.4, 0.5) is 4.79 Å². The number of urea groups is 1. The zero-order valence-electron chi connectivity index (χ0n) is 15.5. The lowest BCUT2D eigenvalue weighted by Gasteiger charge is -2.17. The largest absolute Gasteiger partial charge is 0.496 e. The number of ether oxygens (including phenoxy) is 2. The molecule has 1 atom stereocenters. The number of hydrogen-bond acceptors (Lipinski definition) is 4. The molecular formula is C20H24N2O4. The Morgan fingerprint density at radius 3 is 2.50 bits per heavy atom. The van der Waals surface area contributed by atoms with E-state index in [2.05, 4.69) is 10.6 Å². The monoisotopic (exact) mass is 356 g/mol. The molecule has 0 bridgehead atoms. The van der Waals surface area contributed by atoms with Crippen LogP contribution in [-0.4, -0.2) is 26.2 Å². The molecule has 2 amide bonds. The lowest BCUT2D eigenvalue weighted by molar-refractivity contribution is 0.0597. The molecule has 0 saturated heterocycles. The van der Waals surface area contributed by atoms with Crippen molar-refractivity contribution in [3.8, 4) is 5.75 Å². The van der Waals surface area contributed by atoms with Gasteiger partial charge >= 0.3 is 12.0 Å². The smallest absolute Gasteiger partial charge is 0.341 e. The van der Waals surface area contributed by atoms with Crippen LogP contribution < -0.4 is 15.4 Å². The van der Waals surface area contributed by atoms with Crippen LogP contribution in [0, 0.1) is 6.92 Å². The van der Waals surface area contributed by atoms with Crippen LogP contribution in [0.2, 0.25) is 0 Å². The fraction of sp³-hybridized carbons (Fsp3) is 0.300. The molecule has 0 heterocycles. The van der Waals surface area contributed by atoms with Crippen molar-refractivity contribution in [2.24, 2.45) is 0 Å². The zero-order chi connectivity index (χ0) is 19.1. The van der Waals surface area contributed by atoms with Crippen LogP contribution in [0.15, 0.2) is 42.5 Å². The second kappa shape index (κ2) is 8.89. The second-order valence-corrected chi connectivity index (χ2v) is 5.93. The van der Waals surface area contributed by atoms with Gasteiger partial charge < -0.3 is 20.1 Å². The number of aryl methyl sites for hydroxylation is 1. The van der Waals surface area contributed by atoms with Gasteiger partial charge in [-0.05, 0) is 42.7 Å². The molecule has 138 valence electrons. The molecule has 6 heteroatoms. The summed E-state index contributed by atoms with van der Waals surface area (Å²) in [5.74, 6) is -0.0560. The Morgan fingerprint density at radius 2 is 1.85 bits per heavy atom. The fourth-order valence-corrected chi connectivity index (χ4v) is 2.71. The van der Waals surface area contributed by atoms with Crippen LogP contribution in [0.3, 0.4) is 0 Å². The number of carbonyl (C=O) groups excluding carboxylic acids is 2. The van der Waals surface area contributed by atoms with Crippen LogP contribution in [0.25, 0.3) is 0 Å². The first-order valence-electron chi connectivity index (χ1n) is 8.31. The van der Waals surface area contributed by atoms with E-state index in [0.29, 0.717) is 11.3 Å². The van der Waals surface area contributed by atoms with E-state index in [-0.39, 0.29) is 18.6 Å². The summed E-state index contributed by atoms with van der Waals surface area (Å²) in [7, 11) is 2.80. The summed E-state index contributed by atoms with van der Waals surface area (Å²) in [6.07, 6.45) is 0. The highest BCUT2D eigenvalue weighted by Crippen LogP contribution is 2.21. The minimum atomic E-state index is -0.485. The molecule has 2 N–H and O–H groups in total. The SMILES string of the molecule is COC(=O)c1cc(CNC(=O)NC(C)c2ccccc2C)ccc1OC. The van der Waals surface area contributed by atoms with Crippen LogP contribution in [-0.2, 0) is 11.3 Å². The van der Waals surface area contributed by atoms with Crippen molar-refractivity contribution in [3.63, 3.8) is 0 Å². The standard InChI is InChI=1S/C20H24N2O4/c1-13-7-5-6-8-16(13)14(2)22-20(24)21-12-15-9-10-18(25-3)17(11-15)19(23)26-4/h5-11,14H,12H2,1-4H3,(H2,21,22,24). The third kappa shape index (κ3) is 4.75. The van der Waals surface area contributed by atoms with Crippen LogP contribution in [0.5, 0.6) is 5.75 Å². The predicted molar refractivity (Wildman–Crippen MR) is 99.3 cm³/mol. The highest BCUT2D eigenvalue weighted by molar-refractivity contribution is 5.92. The van der Waals surface area contributed by atoms with E-state index in [0.717, 1.165) is 16.7 Å². The molecule has 6 nitrogen and oxygen atoms in total. The van der Waals surface area contributed by atoms with Crippen molar-refractivity contribution in [2.45, 2.75) is 26.4 Å². The first kappa shape index (κ1) is 19.3. The minimum Gasteiger partial charge on any atom is -0.496 e. The Morgan fingerprint density at radius 1 is 1.12 bits per heavy atom. The summed E-state index contributed by atoms with van der Waals surface area (Å²) >= 11 is 0. The van der Waals surface area contributed by atoms with E-state index in [1.165, 1.54) is 14.2 Å². The molecule has 0 spiro atoms. The van der Waals surface area contributed by atoms with Crippen molar-refractivity contribution < 1.29 is 19.1 Å².